The van der Waals surface area contributed by atoms with Crippen LogP contribution in [0.15, 0.2) is 18.2 Å². The number of carboxylic acid groups (broad SMARTS) is 1. The molecular weight excluding hydrogens is 547 g/mol. The number of rotatable bonds is 13. The van der Waals surface area contributed by atoms with Crippen molar-refractivity contribution in [3.05, 3.63) is 58.4 Å². The minimum absolute atomic E-state index is 0.188. The highest BCUT2D eigenvalue weighted by Crippen LogP contribution is 2.47. The fourth-order valence-electron chi connectivity index (χ4n) is 7.57. The lowest BCUT2D eigenvalue weighted by atomic mass is 9.67. The number of benzene rings is 2. The molecule has 0 radical (unpaired) electrons. The minimum Gasteiger partial charge on any atom is -0.477 e. The Labute approximate surface area is 247 Å². The van der Waals surface area contributed by atoms with Gasteiger partial charge in [0.1, 0.15) is 17.2 Å². The van der Waals surface area contributed by atoms with Crippen molar-refractivity contribution in [2.75, 3.05) is 0 Å². The first kappa shape index (κ1) is 32.5. The maximum Gasteiger partial charge on any atom is 0.341 e. The van der Waals surface area contributed by atoms with E-state index >= 15 is 4.39 Å². The largest absolute Gasteiger partial charge is 0.477 e. The third kappa shape index (κ3) is 7.93. The van der Waals surface area contributed by atoms with Gasteiger partial charge in [-0.25, -0.2) is 26.7 Å². The van der Waals surface area contributed by atoms with E-state index in [4.69, 9.17) is 0 Å². The molecular formula is C35H45F5O2. The zero-order chi connectivity index (χ0) is 30.2. The number of unbranched alkanes of at least 4 members (excludes halogenated alkanes) is 7. The number of carbonyl (C=O) groups is 1. The Hall–Kier alpha value is -2.44. The van der Waals surface area contributed by atoms with E-state index in [1.165, 1.54) is 83.5 Å². The molecule has 4 rings (SSSR count). The maximum atomic E-state index is 15.5. The highest BCUT2D eigenvalue weighted by atomic mass is 19.2. The first-order valence-corrected chi connectivity index (χ1v) is 16.1. The van der Waals surface area contributed by atoms with E-state index in [-0.39, 0.29) is 22.6 Å². The van der Waals surface area contributed by atoms with Crippen LogP contribution in [0.5, 0.6) is 0 Å². The van der Waals surface area contributed by atoms with Crippen LogP contribution in [0.4, 0.5) is 22.0 Å². The van der Waals surface area contributed by atoms with Crippen molar-refractivity contribution in [2.24, 2.45) is 17.8 Å². The number of hydrogen-bond donors (Lipinski definition) is 1. The van der Waals surface area contributed by atoms with E-state index in [2.05, 4.69) is 6.92 Å². The Bertz CT molecular complexity index is 1170. The van der Waals surface area contributed by atoms with Gasteiger partial charge in [0, 0.05) is 5.56 Å². The predicted octanol–water partition coefficient (Wildman–Crippen LogP) is 11.4. The average molecular weight is 593 g/mol. The second kappa shape index (κ2) is 15.3. The molecule has 7 heteroatoms. The van der Waals surface area contributed by atoms with Gasteiger partial charge in [0.05, 0.1) is 0 Å². The lowest BCUT2D eigenvalue weighted by molar-refractivity contribution is 0.0686. The first-order valence-electron chi connectivity index (χ1n) is 16.1. The second-order valence-electron chi connectivity index (χ2n) is 12.7. The van der Waals surface area contributed by atoms with E-state index in [1.807, 2.05) is 0 Å². The molecule has 1 N–H and O–H groups in total. The van der Waals surface area contributed by atoms with Crippen molar-refractivity contribution in [3.63, 3.8) is 0 Å². The van der Waals surface area contributed by atoms with Crippen LogP contribution in [-0.4, -0.2) is 11.1 Å². The van der Waals surface area contributed by atoms with Gasteiger partial charge in [-0.3, -0.25) is 0 Å². The molecule has 2 nitrogen and oxygen atoms in total. The molecule has 2 aromatic rings. The summed E-state index contributed by atoms with van der Waals surface area (Å²) in [6.45, 7) is 2.25. The summed E-state index contributed by atoms with van der Waals surface area (Å²) in [7, 11) is 0. The molecule has 0 aromatic heterocycles. The van der Waals surface area contributed by atoms with Gasteiger partial charge in [0.25, 0.3) is 0 Å². The van der Waals surface area contributed by atoms with Gasteiger partial charge < -0.3 is 5.11 Å². The van der Waals surface area contributed by atoms with E-state index in [0.717, 1.165) is 24.8 Å². The summed E-state index contributed by atoms with van der Waals surface area (Å²) >= 11 is 0. The quantitative estimate of drug-likeness (QED) is 0.143. The van der Waals surface area contributed by atoms with Crippen LogP contribution in [0.1, 0.15) is 138 Å². The van der Waals surface area contributed by atoms with Crippen molar-refractivity contribution in [1.82, 2.24) is 0 Å². The molecule has 2 aromatic carbocycles. The predicted molar refractivity (Wildman–Crippen MR) is 156 cm³/mol. The van der Waals surface area contributed by atoms with Crippen molar-refractivity contribution < 1.29 is 31.9 Å². The van der Waals surface area contributed by atoms with E-state index < -0.39 is 40.6 Å². The summed E-state index contributed by atoms with van der Waals surface area (Å²) in [5, 5.41) is 9.39. The Morgan fingerprint density at radius 3 is 1.76 bits per heavy atom. The van der Waals surface area contributed by atoms with Crippen LogP contribution in [0, 0.1) is 46.8 Å². The van der Waals surface area contributed by atoms with Crippen LogP contribution in [-0.2, 0) is 0 Å². The normalized spacial score (nSPS) is 22.8. The Morgan fingerprint density at radius 1 is 0.690 bits per heavy atom. The van der Waals surface area contributed by atoms with Gasteiger partial charge in [0.15, 0.2) is 17.5 Å². The third-order valence-corrected chi connectivity index (χ3v) is 9.97. The average Bonchev–Trinajstić information content (AvgIpc) is 2.97. The van der Waals surface area contributed by atoms with Gasteiger partial charge in [-0.1, -0.05) is 77.6 Å². The smallest absolute Gasteiger partial charge is 0.341 e. The third-order valence-electron chi connectivity index (χ3n) is 9.97. The molecule has 0 saturated heterocycles. The topological polar surface area (TPSA) is 37.3 Å². The minimum atomic E-state index is -1.82. The lowest BCUT2D eigenvalue weighted by Gasteiger charge is -2.38. The summed E-state index contributed by atoms with van der Waals surface area (Å²) in [6.07, 6.45) is 20.1. The Balaban J connectivity index is 1.35. The number of aromatic carboxylic acids is 1. The number of halogens is 5. The van der Waals surface area contributed by atoms with Crippen LogP contribution in [0.3, 0.4) is 0 Å². The van der Waals surface area contributed by atoms with Gasteiger partial charge >= 0.3 is 5.97 Å². The zero-order valence-corrected chi connectivity index (χ0v) is 24.8. The zero-order valence-electron chi connectivity index (χ0n) is 24.8. The van der Waals surface area contributed by atoms with Gasteiger partial charge in [0.2, 0.25) is 0 Å². The summed E-state index contributed by atoms with van der Waals surface area (Å²) in [4.78, 5) is 11.6. The fourth-order valence-corrected chi connectivity index (χ4v) is 7.57. The summed E-state index contributed by atoms with van der Waals surface area (Å²) in [5.41, 5.74) is -1.70. The molecule has 0 spiro atoms. The SMILES string of the molecule is CCCCCCCCCCC1CCC(C2CCC(c3cc(F)c(C(=O)O)c(F)c3-c3cc(F)c(F)c(F)c3)CC2)CC1. The number of carboxylic acids is 1. The summed E-state index contributed by atoms with van der Waals surface area (Å²) < 4.78 is 72.1. The summed E-state index contributed by atoms with van der Waals surface area (Å²) in [6, 6.07) is 2.27. The molecule has 2 aliphatic carbocycles. The van der Waals surface area contributed by atoms with Crippen LogP contribution in [0.2, 0.25) is 0 Å². The van der Waals surface area contributed by atoms with Gasteiger partial charge in [-0.15, -0.1) is 0 Å². The molecule has 0 aliphatic heterocycles. The first-order chi connectivity index (χ1) is 20.2. The molecule has 0 amide bonds. The van der Waals surface area contributed by atoms with E-state index in [0.29, 0.717) is 36.8 Å². The highest BCUT2D eigenvalue weighted by Gasteiger charge is 2.34. The standard InChI is InChI=1S/C35H45F5O2/c1-2-3-4-5-6-7-8-9-10-22-11-13-23(14-12-22)24-15-17-25(18-16-24)27-21-28(36)32(35(41)42)34(40)31(27)26-19-29(37)33(39)30(38)20-26/h19-25H,2-18H2,1H3,(H,41,42). The van der Waals surface area contributed by atoms with E-state index in [9.17, 15) is 27.5 Å². The second-order valence-corrected chi connectivity index (χ2v) is 12.7. The summed E-state index contributed by atoms with van der Waals surface area (Å²) in [5.74, 6) is -7.47. The van der Waals surface area contributed by atoms with Crippen molar-refractivity contribution >= 4 is 5.97 Å². The molecule has 42 heavy (non-hydrogen) atoms. The Kier molecular flexibility index (Phi) is 11.9. The number of hydrogen-bond acceptors (Lipinski definition) is 1. The van der Waals surface area contributed by atoms with Crippen molar-refractivity contribution in [2.45, 2.75) is 122 Å². The van der Waals surface area contributed by atoms with Crippen molar-refractivity contribution in [3.8, 4) is 11.1 Å². The molecule has 232 valence electrons. The monoisotopic (exact) mass is 592 g/mol. The Morgan fingerprint density at radius 2 is 1.21 bits per heavy atom. The van der Waals surface area contributed by atoms with Crippen LogP contribution >= 0.6 is 0 Å². The van der Waals surface area contributed by atoms with Crippen LogP contribution in [0.25, 0.3) is 11.1 Å². The lowest BCUT2D eigenvalue weighted by Crippen LogP contribution is -2.25. The van der Waals surface area contributed by atoms with Crippen molar-refractivity contribution in [1.29, 1.82) is 0 Å². The molecule has 0 bridgehead atoms. The highest BCUT2D eigenvalue weighted by molar-refractivity contribution is 5.91. The molecule has 0 unspecified atom stereocenters. The van der Waals surface area contributed by atoms with E-state index in [1.54, 1.807) is 0 Å². The molecule has 2 saturated carbocycles. The molecule has 0 heterocycles. The molecule has 0 atom stereocenters. The fraction of sp³-hybridized carbons (Fsp3) is 0.629. The molecule has 2 fully saturated rings. The van der Waals surface area contributed by atoms with Gasteiger partial charge in [-0.05, 0) is 91.5 Å². The molecule has 2 aliphatic rings. The van der Waals surface area contributed by atoms with Crippen LogP contribution < -0.4 is 0 Å². The van der Waals surface area contributed by atoms with Gasteiger partial charge in [-0.2, -0.15) is 0 Å². The maximum absolute atomic E-state index is 15.5.